The Bertz CT molecular complexity index is 666. The van der Waals surface area contributed by atoms with Crippen molar-refractivity contribution in [2.45, 2.75) is 33.4 Å². The number of aryl methyl sites for hydroxylation is 2. The summed E-state index contributed by atoms with van der Waals surface area (Å²) in [5, 5.41) is 0.647. The van der Waals surface area contributed by atoms with Gasteiger partial charge in [0, 0.05) is 12.1 Å². The number of nitrogens with zero attached hydrogens (tertiary/aromatic N) is 1. The van der Waals surface area contributed by atoms with E-state index in [1.165, 1.54) is 0 Å². The van der Waals surface area contributed by atoms with Crippen LogP contribution in [0.15, 0.2) is 34.7 Å². The van der Waals surface area contributed by atoms with Crippen molar-refractivity contribution in [1.82, 2.24) is 4.90 Å². The van der Waals surface area contributed by atoms with Crippen LogP contribution in [0.25, 0.3) is 0 Å². The Morgan fingerprint density at radius 3 is 2.64 bits per heavy atom. The molecular weight excluding hydrogens is 302 g/mol. The first-order valence-corrected chi connectivity index (χ1v) is 7.47. The summed E-state index contributed by atoms with van der Waals surface area (Å²) in [4.78, 5) is 14.0. The van der Waals surface area contributed by atoms with Gasteiger partial charge < -0.3 is 14.1 Å². The van der Waals surface area contributed by atoms with Gasteiger partial charge in [-0.15, -0.1) is 0 Å². The number of rotatable bonds is 5. The molecule has 0 N–H and O–H groups in total. The molecule has 1 atom stereocenters. The van der Waals surface area contributed by atoms with Crippen molar-refractivity contribution in [2.75, 3.05) is 7.05 Å². The van der Waals surface area contributed by atoms with E-state index in [0.29, 0.717) is 17.3 Å². The zero-order valence-corrected chi connectivity index (χ0v) is 14.0. The number of hydrogen-bond donors (Lipinski definition) is 0. The van der Waals surface area contributed by atoms with Crippen LogP contribution >= 0.6 is 11.6 Å². The molecule has 1 heterocycles. The second-order valence-electron chi connectivity index (χ2n) is 5.38. The summed E-state index contributed by atoms with van der Waals surface area (Å²) in [7, 11) is 1.73. The van der Waals surface area contributed by atoms with Crippen LogP contribution < -0.4 is 4.74 Å². The molecule has 4 nitrogen and oxygen atoms in total. The first-order valence-electron chi connectivity index (χ1n) is 7.10. The first-order chi connectivity index (χ1) is 10.4. The van der Waals surface area contributed by atoms with Crippen molar-refractivity contribution in [3.8, 4) is 5.75 Å². The minimum atomic E-state index is -0.582. The van der Waals surface area contributed by atoms with Crippen molar-refractivity contribution < 1.29 is 13.9 Å². The molecule has 0 aliphatic carbocycles. The number of halogens is 1. The maximum atomic E-state index is 12.4. The molecule has 1 unspecified atom stereocenters. The SMILES string of the molecule is Cc1ccc(CN(C)C(=O)C(C)Oc2ccc(Cl)cc2C)o1. The molecule has 0 aliphatic rings. The standard InChI is InChI=1S/C17H20ClNO3/c1-11-9-14(18)6-8-16(11)22-13(3)17(20)19(4)10-15-7-5-12(2)21-15/h5-9,13H,10H2,1-4H3. The minimum absolute atomic E-state index is 0.108. The molecule has 2 rings (SSSR count). The smallest absolute Gasteiger partial charge is 0.263 e. The van der Waals surface area contributed by atoms with Crippen molar-refractivity contribution in [2.24, 2.45) is 0 Å². The van der Waals surface area contributed by atoms with Crippen LogP contribution in [-0.4, -0.2) is 24.0 Å². The molecule has 0 spiro atoms. The predicted octanol–water partition coefficient (Wildman–Crippen LogP) is 3.98. The quantitative estimate of drug-likeness (QED) is 0.836. The van der Waals surface area contributed by atoms with Crippen LogP contribution in [0, 0.1) is 13.8 Å². The number of carbonyl (C=O) groups excluding carboxylic acids is 1. The number of amides is 1. The van der Waals surface area contributed by atoms with Gasteiger partial charge in [0.2, 0.25) is 0 Å². The fourth-order valence-electron chi connectivity index (χ4n) is 2.18. The molecule has 0 bridgehead atoms. The van der Waals surface area contributed by atoms with Gasteiger partial charge in [-0.1, -0.05) is 11.6 Å². The Hall–Kier alpha value is -1.94. The van der Waals surface area contributed by atoms with Crippen molar-refractivity contribution in [3.05, 3.63) is 52.4 Å². The van der Waals surface area contributed by atoms with Crippen molar-refractivity contribution in [1.29, 1.82) is 0 Å². The summed E-state index contributed by atoms with van der Waals surface area (Å²) in [6.07, 6.45) is -0.582. The molecule has 1 aromatic carbocycles. The first kappa shape index (κ1) is 16.4. The van der Waals surface area contributed by atoms with Gasteiger partial charge in [0.25, 0.3) is 5.91 Å². The zero-order chi connectivity index (χ0) is 16.3. The maximum Gasteiger partial charge on any atom is 0.263 e. The summed E-state index contributed by atoms with van der Waals surface area (Å²) in [5.74, 6) is 2.14. The monoisotopic (exact) mass is 321 g/mol. The third-order valence-corrected chi connectivity index (χ3v) is 3.59. The average molecular weight is 322 g/mol. The Morgan fingerprint density at radius 2 is 2.05 bits per heavy atom. The van der Waals surface area contributed by atoms with Crippen molar-refractivity contribution >= 4 is 17.5 Å². The third-order valence-electron chi connectivity index (χ3n) is 3.35. The predicted molar refractivity (Wildman–Crippen MR) is 86.2 cm³/mol. The fourth-order valence-corrected chi connectivity index (χ4v) is 2.40. The Labute approximate surface area is 135 Å². The lowest BCUT2D eigenvalue weighted by atomic mass is 10.2. The number of ether oxygens (including phenoxy) is 1. The number of furan rings is 1. The van der Waals surface area contributed by atoms with E-state index in [1.807, 2.05) is 32.0 Å². The largest absolute Gasteiger partial charge is 0.481 e. The number of carbonyl (C=O) groups is 1. The van der Waals surface area contributed by atoms with E-state index in [4.69, 9.17) is 20.8 Å². The van der Waals surface area contributed by atoms with Gasteiger partial charge in [-0.05, 0) is 56.7 Å². The molecule has 1 amide bonds. The van der Waals surface area contributed by atoms with E-state index in [2.05, 4.69) is 0 Å². The molecule has 0 aliphatic heterocycles. The molecule has 0 radical (unpaired) electrons. The van der Waals surface area contributed by atoms with Crippen LogP contribution in [-0.2, 0) is 11.3 Å². The number of benzene rings is 1. The normalized spacial score (nSPS) is 12.0. The van der Waals surface area contributed by atoms with Crippen molar-refractivity contribution in [3.63, 3.8) is 0 Å². The van der Waals surface area contributed by atoms with Gasteiger partial charge >= 0.3 is 0 Å². The van der Waals surface area contributed by atoms with E-state index >= 15 is 0 Å². The molecule has 0 fully saturated rings. The molecule has 2 aromatic rings. The molecule has 5 heteroatoms. The van der Waals surface area contributed by atoms with Crippen LogP contribution in [0.2, 0.25) is 5.02 Å². The van der Waals surface area contributed by atoms with Gasteiger partial charge in [-0.25, -0.2) is 0 Å². The fraction of sp³-hybridized carbons (Fsp3) is 0.353. The molecular formula is C17H20ClNO3. The summed E-state index contributed by atoms with van der Waals surface area (Å²) in [6, 6.07) is 9.08. The third kappa shape index (κ3) is 4.04. The lowest BCUT2D eigenvalue weighted by Gasteiger charge is -2.22. The van der Waals surface area contributed by atoms with E-state index in [9.17, 15) is 4.79 Å². The Balaban J connectivity index is 1.98. The topological polar surface area (TPSA) is 42.7 Å². The van der Waals surface area contributed by atoms with Gasteiger partial charge in [0.05, 0.1) is 6.54 Å². The van der Waals surface area contributed by atoms with E-state index in [-0.39, 0.29) is 5.91 Å². The molecule has 0 saturated heterocycles. The molecule has 22 heavy (non-hydrogen) atoms. The van der Waals surface area contributed by atoms with Crippen LogP contribution in [0.3, 0.4) is 0 Å². The zero-order valence-electron chi connectivity index (χ0n) is 13.2. The highest BCUT2D eigenvalue weighted by atomic mass is 35.5. The van der Waals surface area contributed by atoms with Crippen LogP contribution in [0.5, 0.6) is 5.75 Å². The highest BCUT2D eigenvalue weighted by Gasteiger charge is 2.20. The Kier molecular flexibility index (Phi) is 5.14. The Morgan fingerprint density at radius 1 is 1.32 bits per heavy atom. The second-order valence-corrected chi connectivity index (χ2v) is 5.81. The summed E-state index contributed by atoms with van der Waals surface area (Å²) in [5.41, 5.74) is 0.900. The number of likely N-dealkylation sites (N-methyl/N-ethyl adjacent to an activating group) is 1. The van der Waals surface area contributed by atoms with E-state index in [0.717, 1.165) is 17.1 Å². The average Bonchev–Trinajstić information content (AvgIpc) is 2.86. The second kappa shape index (κ2) is 6.88. The summed E-state index contributed by atoms with van der Waals surface area (Å²) < 4.78 is 11.2. The molecule has 0 saturated carbocycles. The molecule has 1 aromatic heterocycles. The van der Waals surface area contributed by atoms with E-state index in [1.54, 1.807) is 31.0 Å². The summed E-state index contributed by atoms with van der Waals surface area (Å²) in [6.45, 7) is 5.92. The lowest BCUT2D eigenvalue weighted by Crippen LogP contribution is -2.37. The van der Waals surface area contributed by atoms with Gasteiger partial charge in [0.1, 0.15) is 17.3 Å². The molecule has 118 valence electrons. The highest BCUT2D eigenvalue weighted by molar-refractivity contribution is 6.30. The summed E-state index contributed by atoms with van der Waals surface area (Å²) >= 11 is 5.92. The van der Waals surface area contributed by atoms with Gasteiger partial charge in [-0.2, -0.15) is 0 Å². The van der Waals surface area contributed by atoms with Gasteiger partial charge in [-0.3, -0.25) is 4.79 Å². The lowest BCUT2D eigenvalue weighted by molar-refractivity contribution is -0.137. The minimum Gasteiger partial charge on any atom is -0.481 e. The maximum absolute atomic E-state index is 12.4. The van der Waals surface area contributed by atoms with E-state index < -0.39 is 6.10 Å². The highest BCUT2D eigenvalue weighted by Crippen LogP contribution is 2.23. The van der Waals surface area contributed by atoms with Gasteiger partial charge in [0.15, 0.2) is 6.10 Å². The van der Waals surface area contributed by atoms with Crippen LogP contribution in [0.4, 0.5) is 0 Å². The van der Waals surface area contributed by atoms with Crippen LogP contribution in [0.1, 0.15) is 24.0 Å². The number of hydrogen-bond acceptors (Lipinski definition) is 3.